The summed E-state index contributed by atoms with van der Waals surface area (Å²) in [6, 6.07) is 0.687. The van der Waals surface area contributed by atoms with E-state index in [9.17, 15) is 0 Å². The zero-order valence-electron chi connectivity index (χ0n) is 11.8. The summed E-state index contributed by atoms with van der Waals surface area (Å²) in [5.41, 5.74) is 0.540. The highest BCUT2D eigenvalue weighted by Crippen LogP contribution is 2.36. The lowest BCUT2D eigenvalue weighted by Crippen LogP contribution is -2.62. The number of nitrogens with one attached hydrogen (secondary N) is 1. The summed E-state index contributed by atoms with van der Waals surface area (Å²) in [6.07, 6.45) is 11.3. The van der Waals surface area contributed by atoms with Crippen molar-refractivity contribution in [1.29, 1.82) is 0 Å². The second-order valence-electron chi connectivity index (χ2n) is 6.22. The van der Waals surface area contributed by atoms with Gasteiger partial charge in [0.2, 0.25) is 0 Å². The molecule has 0 aromatic rings. The molecular formula is C15H30N2. The monoisotopic (exact) mass is 238 g/mol. The molecule has 0 radical (unpaired) electrons. The van der Waals surface area contributed by atoms with Gasteiger partial charge >= 0.3 is 0 Å². The van der Waals surface area contributed by atoms with Gasteiger partial charge in [0.25, 0.3) is 0 Å². The van der Waals surface area contributed by atoms with Crippen molar-refractivity contribution in [3.8, 4) is 0 Å². The van der Waals surface area contributed by atoms with Crippen LogP contribution in [0.25, 0.3) is 0 Å². The second-order valence-corrected chi connectivity index (χ2v) is 6.22. The fourth-order valence-electron chi connectivity index (χ4n) is 3.65. The maximum atomic E-state index is 3.70. The number of nitrogens with zero attached hydrogens (tertiary/aromatic N) is 1. The van der Waals surface area contributed by atoms with E-state index in [0.717, 1.165) is 0 Å². The lowest BCUT2D eigenvalue weighted by molar-refractivity contribution is 0.0450. The maximum absolute atomic E-state index is 3.70. The molecule has 1 aliphatic heterocycles. The van der Waals surface area contributed by atoms with E-state index in [4.69, 9.17) is 0 Å². The smallest absolute Gasteiger partial charge is 0.0334 e. The van der Waals surface area contributed by atoms with E-state index >= 15 is 0 Å². The number of rotatable bonds is 5. The third kappa shape index (κ3) is 3.23. The van der Waals surface area contributed by atoms with Gasteiger partial charge in [-0.1, -0.05) is 39.0 Å². The molecule has 17 heavy (non-hydrogen) atoms. The molecule has 100 valence electrons. The molecule has 2 fully saturated rings. The first kappa shape index (κ1) is 13.4. The highest BCUT2D eigenvalue weighted by Gasteiger charge is 2.42. The predicted molar refractivity (Wildman–Crippen MR) is 74.4 cm³/mol. The van der Waals surface area contributed by atoms with E-state index in [1.807, 2.05) is 0 Å². The standard InChI is InChI=1S/C15H30N2/c1-3-4-5-8-11-17-12-14(2)16-13-15(17)9-6-7-10-15/h14,16H,3-13H2,1-2H3. The van der Waals surface area contributed by atoms with Gasteiger partial charge in [0.1, 0.15) is 0 Å². The van der Waals surface area contributed by atoms with E-state index in [2.05, 4.69) is 24.1 Å². The molecule has 0 bridgehead atoms. The first-order chi connectivity index (χ1) is 8.27. The van der Waals surface area contributed by atoms with E-state index in [1.165, 1.54) is 71.0 Å². The van der Waals surface area contributed by atoms with Gasteiger partial charge < -0.3 is 5.32 Å². The molecule has 2 nitrogen and oxygen atoms in total. The summed E-state index contributed by atoms with van der Waals surface area (Å²) >= 11 is 0. The van der Waals surface area contributed by atoms with Crippen LogP contribution in [0, 0.1) is 0 Å². The fraction of sp³-hybridized carbons (Fsp3) is 1.00. The topological polar surface area (TPSA) is 15.3 Å². The molecular weight excluding hydrogens is 208 g/mol. The first-order valence-corrected chi connectivity index (χ1v) is 7.75. The van der Waals surface area contributed by atoms with Crippen molar-refractivity contribution >= 4 is 0 Å². The second kappa shape index (κ2) is 6.19. The number of unbranched alkanes of at least 4 members (excludes halogenated alkanes) is 3. The highest BCUT2D eigenvalue weighted by molar-refractivity contribution is 5.00. The summed E-state index contributed by atoms with van der Waals surface area (Å²) in [4.78, 5) is 2.83. The van der Waals surface area contributed by atoms with Gasteiger partial charge in [0.15, 0.2) is 0 Å². The van der Waals surface area contributed by atoms with Crippen LogP contribution in [-0.4, -0.2) is 36.1 Å². The molecule has 2 rings (SSSR count). The third-order valence-corrected chi connectivity index (χ3v) is 4.76. The lowest BCUT2D eigenvalue weighted by Gasteiger charge is -2.48. The van der Waals surface area contributed by atoms with Crippen LogP contribution in [-0.2, 0) is 0 Å². The van der Waals surface area contributed by atoms with E-state index in [0.29, 0.717) is 11.6 Å². The summed E-state index contributed by atoms with van der Waals surface area (Å²) in [6.45, 7) is 8.48. The van der Waals surface area contributed by atoms with Gasteiger partial charge in [-0.3, -0.25) is 4.90 Å². The molecule has 1 N–H and O–H groups in total. The lowest BCUT2D eigenvalue weighted by atomic mass is 9.91. The van der Waals surface area contributed by atoms with Crippen LogP contribution < -0.4 is 5.32 Å². The van der Waals surface area contributed by atoms with Crippen LogP contribution in [0.15, 0.2) is 0 Å². The molecule has 1 atom stereocenters. The molecule has 1 heterocycles. The summed E-state index contributed by atoms with van der Waals surface area (Å²) in [7, 11) is 0. The van der Waals surface area contributed by atoms with Crippen molar-refractivity contribution in [2.45, 2.75) is 76.8 Å². The van der Waals surface area contributed by atoms with E-state index < -0.39 is 0 Å². The Labute approximate surface area is 107 Å². The van der Waals surface area contributed by atoms with Crippen LogP contribution in [0.3, 0.4) is 0 Å². The maximum Gasteiger partial charge on any atom is 0.0334 e. The summed E-state index contributed by atoms with van der Waals surface area (Å²) < 4.78 is 0. The zero-order valence-corrected chi connectivity index (χ0v) is 11.8. The minimum Gasteiger partial charge on any atom is -0.311 e. The molecule has 1 aliphatic carbocycles. The quantitative estimate of drug-likeness (QED) is 0.740. The van der Waals surface area contributed by atoms with E-state index in [-0.39, 0.29) is 0 Å². The third-order valence-electron chi connectivity index (χ3n) is 4.76. The molecule has 0 amide bonds. The predicted octanol–water partition coefficient (Wildman–Crippen LogP) is 3.17. The SMILES string of the molecule is CCCCCCN1CC(C)NCC12CCCC2. The van der Waals surface area contributed by atoms with Crippen molar-refractivity contribution in [3.63, 3.8) is 0 Å². The van der Waals surface area contributed by atoms with Crippen molar-refractivity contribution in [2.75, 3.05) is 19.6 Å². The van der Waals surface area contributed by atoms with Gasteiger partial charge in [-0.25, -0.2) is 0 Å². The average molecular weight is 238 g/mol. The Morgan fingerprint density at radius 2 is 1.94 bits per heavy atom. The van der Waals surface area contributed by atoms with Crippen LogP contribution >= 0.6 is 0 Å². The average Bonchev–Trinajstić information content (AvgIpc) is 2.79. The summed E-state index contributed by atoms with van der Waals surface area (Å²) in [5, 5.41) is 3.70. The van der Waals surface area contributed by atoms with Gasteiger partial charge in [-0.2, -0.15) is 0 Å². The summed E-state index contributed by atoms with van der Waals surface area (Å²) in [5.74, 6) is 0. The van der Waals surface area contributed by atoms with Crippen LogP contribution in [0.4, 0.5) is 0 Å². The molecule has 0 aromatic heterocycles. The molecule has 1 unspecified atom stereocenters. The van der Waals surface area contributed by atoms with Crippen molar-refractivity contribution in [1.82, 2.24) is 10.2 Å². The Kier molecular flexibility index (Phi) is 4.87. The van der Waals surface area contributed by atoms with Crippen LogP contribution in [0.2, 0.25) is 0 Å². The van der Waals surface area contributed by atoms with Gasteiger partial charge in [0, 0.05) is 24.7 Å². The number of piperazine rings is 1. The van der Waals surface area contributed by atoms with Gasteiger partial charge in [0.05, 0.1) is 0 Å². The minimum absolute atomic E-state index is 0.540. The largest absolute Gasteiger partial charge is 0.311 e. The minimum atomic E-state index is 0.540. The van der Waals surface area contributed by atoms with Crippen LogP contribution in [0.1, 0.15) is 65.2 Å². The molecule has 1 spiro atoms. The van der Waals surface area contributed by atoms with Crippen molar-refractivity contribution in [2.24, 2.45) is 0 Å². The van der Waals surface area contributed by atoms with E-state index in [1.54, 1.807) is 0 Å². The normalized spacial score (nSPS) is 28.9. The number of hydrogen-bond acceptors (Lipinski definition) is 2. The molecule has 1 saturated carbocycles. The Morgan fingerprint density at radius 3 is 2.65 bits per heavy atom. The van der Waals surface area contributed by atoms with Gasteiger partial charge in [-0.15, -0.1) is 0 Å². The zero-order chi connectivity index (χ0) is 12.1. The Hall–Kier alpha value is -0.0800. The van der Waals surface area contributed by atoms with Crippen molar-refractivity contribution < 1.29 is 0 Å². The first-order valence-electron chi connectivity index (χ1n) is 7.75. The Morgan fingerprint density at radius 1 is 1.18 bits per heavy atom. The number of hydrogen-bond donors (Lipinski definition) is 1. The van der Waals surface area contributed by atoms with Crippen molar-refractivity contribution in [3.05, 3.63) is 0 Å². The fourth-order valence-corrected chi connectivity index (χ4v) is 3.65. The molecule has 0 aromatic carbocycles. The molecule has 2 heteroatoms. The Bertz CT molecular complexity index is 221. The van der Waals surface area contributed by atoms with Crippen LogP contribution in [0.5, 0.6) is 0 Å². The highest BCUT2D eigenvalue weighted by atomic mass is 15.3. The molecule has 1 saturated heterocycles. The van der Waals surface area contributed by atoms with Gasteiger partial charge in [-0.05, 0) is 32.7 Å². The molecule has 2 aliphatic rings. The Balaban J connectivity index is 1.85.